The minimum atomic E-state index is -1.36. The zero-order valence-electron chi connectivity index (χ0n) is 17.5. The summed E-state index contributed by atoms with van der Waals surface area (Å²) in [5.41, 5.74) is 4.51. The first kappa shape index (κ1) is 21.8. The van der Waals surface area contributed by atoms with Crippen molar-refractivity contribution in [3.8, 4) is 11.1 Å². The number of hydrogen-bond donors (Lipinski definition) is 4. The lowest BCUT2D eigenvalue weighted by Crippen LogP contribution is -2.50. The summed E-state index contributed by atoms with van der Waals surface area (Å²) in [7, 11) is 0. The van der Waals surface area contributed by atoms with Gasteiger partial charge in [-0.05, 0) is 35.1 Å². The van der Waals surface area contributed by atoms with E-state index in [0.29, 0.717) is 12.8 Å². The number of aliphatic hydroxyl groups is 1. The summed E-state index contributed by atoms with van der Waals surface area (Å²) in [5.74, 6) is -2.42. The van der Waals surface area contributed by atoms with Crippen molar-refractivity contribution in [2.75, 3.05) is 13.2 Å². The number of alkyl carbamates (subject to hydrolysis) is 1. The van der Waals surface area contributed by atoms with Crippen LogP contribution in [0, 0.1) is 5.92 Å². The highest BCUT2D eigenvalue weighted by Crippen LogP contribution is 2.44. The highest BCUT2D eigenvalue weighted by atomic mass is 16.5. The maximum Gasteiger partial charge on any atom is 0.407 e. The number of amides is 2. The molecule has 2 amide bonds. The molecule has 4 rings (SSSR count). The Balaban J connectivity index is 1.37. The summed E-state index contributed by atoms with van der Waals surface area (Å²) in [6, 6.07) is 14.3. The number of hydrogen-bond acceptors (Lipinski definition) is 5. The Morgan fingerprint density at radius 3 is 2.22 bits per heavy atom. The van der Waals surface area contributed by atoms with Gasteiger partial charge in [-0.2, -0.15) is 0 Å². The van der Waals surface area contributed by atoms with Gasteiger partial charge in [0, 0.05) is 12.0 Å². The van der Waals surface area contributed by atoms with E-state index in [1.165, 1.54) is 0 Å². The van der Waals surface area contributed by atoms with Gasteiger partial charge in [0.25, 0.3) is 0 Å². The minimum absolute atomic E-state index is 0.0586. The summed E-state index contributed by atoms with van der Waals surface area (Å²) in [6.45, 7) is -0.521. The van der Waals surface area contributed by atoms with Crippen LogP contribution in [0.5, 0.6) is 0 Å². The van der Waals surface area contributed by atoms with E-state index < -0.39 is 42.6 Å². The van der Waals surface area contributed by atoms with Crippen LogP contribution in [-0.2, 0) is 14.3 Å². The molecule has 8 nitrogen and oxygen atoms in total. The molecule has 2 aromatic rings. The number of carbonyl (C=O) groups is 3. The number of carboxylic acids is 1. The summed E-state index contributed by atoms with van der Waals surface area (Å²) >= 11 is 0. The third-order valence-electron chi connectivity index (χ3n) is 6.30. The Morgan fingerprint density at radius 2 is 1.62 bits per heavy atom. The molecule has 32 heavy (non-hydrogen) atoms. The van der Waals surface area contributed by atoms with Gasteiger partial charge in [-0.25, -0.2) is 9.59 Å². The van der Waals surface area contributed by atoms with E-state index in [9.17, 15) is 14.4 Å². The molecular formula is C24H26N2O6. The lowest BCUT2D eigenvalue weighted by molar-refractivity contribution is -0.143. The number of ether oxygens (including phenoxy) is 1. The predicted octanol–water partition coefficient (Wildman–Crippen LogP) is 2.26. The molecule has 2 aliphatic carbocycles. The van der Waals surface area contributed by atoms with Crippen LogP contribution in [-0.4, -0.2) is 53.5 Å². The van der Waals surface area contributed by atoms with Crippen LogP contribution in [0.15, 0.2) is 48.5 Å². The number of nitrogens with one attached hydrogen (secondary N) is 2. The van der Waals surface area contributed by atoms with E-state index in [1.54, 1.807) is 0 Å². The molecule has 0 aromatic heterocycles. The van der Waals surface area contributed by atoms with E-state index in [4.69, 9.17) is 14.9 Å². The largest absolute Gasteiger partial charge is 0.480 e. The number of benzene rings is 2. The molecule has 2 unspecified atom stereocenters. The SMILES string of the molecule is O=C(NC1CCCC1C(=O)N[C@H](CO)C(=O)O)OCC1c2ccccc2-c2ccccc21. The van der Waals surface area contributed by atoms with E-state index in [-0.39, 0.29) is 12.5 Å². The van der Waals surface area contributed by atoms with Gasteiger partial charge in [0.15, 0.2) is 0 Å². The average molecular weight is 438 g/mol. The maximum atomic E-state index is 12.5. The number of rotatable bonds is 7. The monoisotopic (exact) mass is 438 g/mol. The molecule has 0 saturated heterocycles. The zero-order chi connectivity index (χ0) is 22.7. The summed E-state index contributed by atoms with van der Waals surface area (Å²) < 4.78 is 5.55. The summed E-state index contributed by atoms with van der Waals surface area (Å²) in [6.07, 6.45) is 1.24. The van der Waals surface area contributed by atoms with Gasteiger partial charge in [0.2, 0.25) is 5.91 Å². The highest BCUT2D eigenvalue weighted by Gasteiger charge is 2.36. The van der Waals surface area contributed by atoms with Crippen LogP contribution in [0.4, 0.5) is 4.79 Å². The number of aliphatic carboxylic acids is 1. The van der Waals surface area contributed by atoms with Gasteiger partial charge in [0.05, 0.1) is 12.5 Å². The van der Waals surface area contributed by atoms with Crippen LogP contribution >= 0.6 is 0 Å². The van der Waals surface area contributed by atoms with Crippen LogP contribution in [0.2, 0.25) is 0 Å². The summed E-state index contributed by atoms with van der Waals surface area (Å²) in [5, 5.41) is 23.3. The van der Waals surface area contributed by atoms with E-state index in [2.05, 4.69) is 22.8 Å². The van der Waals surface area contributed by atoms with Crippen LogP contribution in [0.25, 0.3) is 11.1 Å². The second-order valence-electron chi connectivity index (χ2n) is 8.20. The first-order valence-electron chi connectivity index (χ1n) is 10.7. The molecule has 8 heteroatoms. The fourth-order valence-corrected chi connectivity index (χ4v) is 4.70. The van der Waals surface area contributed by atoms with Crippen molar-refractivity contribution in [1.29, 1.82) is 0 Å². The molecule has 0 bridgehead atoms. The quantitative estimate of drug-likeness (QED) is 0.526. The Bertz CT molecular complexity index is 978. The zero-order valence-corrected chi connectivity index (χ0v) is 17.5. The van der Waals surface area contributed by atoms with Crippen molar-refractivity contribution in [2.24, 2.45) is 5.92 Å². The molecule has 1 fully saturated rings. The molecule has 0 radical (unpaired) electrons. The maximum absolute atomic E-state index is 12.5. The second kappa shape index (κ2) is 9.40. The number of fused-ring (bicyclic) bond motifs is 3. The number of carboxylic acid groups (broad SMARTS) is 1. The van der Waals surface area contributed by atoms with Gasteiger partial charge in [-0.1, -0.05) is 55.0 Å². The summed E-state index contributed by atoms with van der Waals surface area (Å²) in [4.78, 5) is 36.1. The number of carbonyl (C=O) groups excluding carboxylic acids is 2. The fraction of sp³-hybridized carbons (Fsp3) is 0.375. The Hall–Kier alpha value is -3.39. The molecule has 0 aliphatic heterocycles. The molecule has 168 valence electrons. The first-order valence-corrected chi connectivity index (χ1v) is 10.7. The normalized spacial score (nSPS) is 20.2. The van der Waals surface area contributed by atoms with Crippen LogP contribution in [0.1, 0.15) is 36.3 Å². The van der Waals surface area contributed by atoms with Crippen molar-refractivity contribution in [2.45, 2.75) is 37.3 Å². The van der Waals surface area contributed by atoms with Crippen LogP contribution < -0.4 is 10.6 Å². The predicted molar refractivity (Wildman–Crippen MR) is 116 cm³/mol. The fourth-order valence-electron chi connectivity index (χ4n) is 4.70. The minimum Gasteiger partial charge on any atom is -0.480 e. The van der Waals surface area contributed by atoms with Crippen LogP contribution in [0.3, 0.4) is 0 Å². The van der Waals surface area contributed by atoms with Gasteiger partial charge < -0.3 is 25.6 Å². The number of aliphatic hydroxyl groups excluding tert-OH is 1. The molecule has 1 saturated carbocycles. The molecule has 4 N–H and O–H groups in total. The van der Waals surface area contributed by atoms with Gasteiger partial charge in [-0.3, -0.25) is 4.79 Å². The second-order valence-corrected chi connectivity index (χ2v) is 8.20. The van der Waals surface area contributed by atoms with E-state index >= 15 is 0 Å². The molecule has 2 aliphatic rings. The van der Waals surface area contributed by atoms with Gasteiger partial charge in [0.1, 0.15) is 12.6 Å². The third-order valence-corrected chi connectivity index (χ3v) is 6.30. The standard InChI is InChI=1S/C24H26N2O6/c27-12-21(23(29)30)25-22(28)18-10-5-11-20(18)26-24(31)32-13-19-16-8-3-1-6-14(16)15-7-2-4-9-17(15)19/h1-4,6-9,18-21,27H,5,10-13H2,(H,25,28)(H,26,31)(H,29,30)/t18?,20?,21-/m1/s1. The Kier molecular flexibility index (Phi) is 6.41. The van der Waals surface area contributed by atoms with Gasteiger partial charge in [-0.15, -0.1) is 0 Å². The van der Waals surface area contributed by atoms with Gasteiger partial charge >= 0.3 is 12.1 Å². The van der Waals surface area contributed by atoms with Crippen molar-refractivity contribution < 1.29 is 29.3 Å². The van der Waals surface area contributed by atoms with Crippen molar-refractivity contribution >= 4 is 18.0 Å². The smallest absolute Gasteiger partial charge is 0.407 e. The van der Waals surface area contributed by atoms with E-state index in [1.807, 2.05) is 36.4 Å². The highest BCUT2D eigenvalue weighted by molar-refractivity contribution is 5.86. The van der Waals surface area contributed by atoms with Crippen molar-refractivity contribution in [3.05, 3.63) is 59.7 Å². The first-order chi connectivity index (χ1) is 15.5. The third kappa shape index (κ3) is 4.31. The molecule has 3 atom stereocenters. The molecule has 2 aromatic carbocycles. The van der Waals surface area contributed by atoms with Crippen molar-refractivity contribution in [3.63, 3.8) is 0 Å². The molecule has 0 heterocycles. The lowest BCUT2D eigenvalue weighted by atomic mass is 9.98. The molecular weight excluding hydrogens is 412 g/mol. The topological polar surface area (TPSA) is 125 Å². The lowest BCUT2D eigenvalue weighted by Gasteiger charge is -2.22. The van der Waals surface area contributed by atoms with E-state index in [0.717, 1.165) is 28.7 Å². The Morgan fingerprint density at radius 1 is 1.00 bits per heavy atom. The Labute approximate surface area is 185 Å². The molecule has 0 spiro atoms. The average Bonchev–Trinajstić information content (AvgIpc) is 3.38. The van der Waals surface area contributed by atoms with Crippen molar-refractivity contribution in [1.82, 2.24) is 10.6 Å².